The lowest BCUT2D eigenvalue weighted by Gasteiger charge is -2.08. The Bertz CT molecular complexity index is 239. The fourth-order valence-corrected chi connectivity index (χ4v) is 0.504. The van der Waals surface area contributed by atoms with Crippen molar-refractivity contribution in [3.8, 4) is 0 Å². The number of rotatable bonds is 3. The van der Waals surface area contributed by atoms with E-state index in [1.165, 1.54) is 0 Å². The largest absolute Gasteiger partial charge is 0.549 e. The monoisotopic (exact) mass is 228 g/mol. The van der Waals surface area contributed by atoms with E-state index in [0.29, 0.717) is 6.42 Å². The van der Waals surface area contributed by atoms with Gasteiger partial charge in [0, 0.05) is 0 Å². The predicted molar refractivity (Wildman–Crippen MR) is 52.3 cm³/mol. The molecule has 0 rings (SSSR count). The van der Waals surface area contributed by atoms with Crippen LogP contribution in [0.3, 0.4) is 0 Å². The summed E-state index contributed by atoms with van der Waals surface area (Å²) in [5.74, 6) is 0. The van der Waals surface area contributed by atoms with Gasteiger partial charge < -0.3 is 5.11 Å². The normalized spacial score (nSPS) is 12.4. The summed E-state index contributed by atoms with van der Waals surface area (Å²) in [4.78, 5) is 6.74. The van der Waals surface area contributed by atoms with Gasteiger partial charge in [0.05, 0.1) is 6.10 Å². The zero-order valence-corrected chi connectivity index (χ0v) is 9.10. The summed E-state index contributed by atoms with van der Waals surface area (Å²) in [6.45, 7) is 11.0. The average molecular weight is 228 g/mol. The van der Waals surface area contributed by atoms with Crippen molar-refractivity contribution in [1.82, 2.24) is 0 Å². The third-order valence-corrected chi connectivity index (χ3v) is 1.11. The van der Waals surface area contributed by atoms with Crippen molar-refractivity contribution in [1.29, 1.82) is 0 Å². The quantitative estimate of drug-likeness (QED) is 0.576. The van der Waals surface area contributed by atoms with Crippen LogP contribution in [0.15, 0.2) is 24.3 Å². The van der Waals surface area contributed by atoms with Gasteiger partial charge in [-0.2, -0.15) is 0 Å². The Morgan fingerprint density at radius 1 is 1.43 bits per heavy atom. The Hall–Kier alpha value is -0.510. The smallest absolute Gasteiger partial charge is 0.388 e. The third kappa shape index (κ3) is 22.5. The fraction of sp³-hybridized carbons (Fsp3) is 0.500. The highest BCUT2D eigenvalue weighted by atomic mass is 31.2. The van der Waals surface area contributed by atoms with E-state index in [2.05, 4.69) is 13.2 Å². The topological polar surface area (TPSA) is 57.5 Å². The van der Waals surface area contributed by atoms with Crippen molar-refractivity contribution in [2.45, 2.75) is 26.4 Å². The molecule has 2 N–H and O–H groups in total. The second kappa shape index (κ2) is 6.87. The van der Waals surface area contributed by atoms with E-state index in [0.717, 1.165) is 11.1 Å². The number of hydrogen-bond donors (Lipinski definition) is 2. The van der Waals surface area contributed by atoms with E-state index in [1.807, 2.05) is 13.8 Å². The molecular formula is C8H15F2O3P. The summed E-state index contributed by atoms with van der Waals surface area (Å²) < 4.78 is 28.7. The van der Waals surface area contributed by atoms with Gasteiger partial charge in [0.2, 0.25) is 0 Å². The predicted octanol–water partition coefficient (Wildman–Crippen LogP) is 2.92. The van der Waals surface area contributed by atoms with Crippen LogP contribution in [0.25, 0.3) is 0 Å². The summed E-state index contributed by atoms with van der Waals surface area (Å²) in [6.07, 6.45) is 0.234. The molecule has 0 saturated heterocycles. The highest BCUT2D eigenvalue weighted by molar-refractivity contribution is 7.46. The molecule has 84 valence electrons. The molecule has 0 radical (unpaired) electrons. The van der Waals surface area contributed by atoms with Crippen LogP contribution < -0.4 is 0 Å². The van der Waals surface area contributed by atoms with Crippen LogP contribution in [0.2, 0.25) is 0 Å². The van der Waals surface area contributed by atoms with Crippen LogP contribution in [0, 0.1) is 0 Å². The van der Waals surface area contributed by atoms with Crippen LogP contribution in [-0.2, 0) is 4.57 Å². The van der Waals surface area contributed by atoms with Gasteiger partial charge in [0.25, 0.3) is 0 Å². The lowest BCUT2D eigenvalue weighted by atomic mass is 10.1. The van der Waals surface area contributed by atoms with Gasteiger partial charge in [-0.05, 0) is 20.3 Å². The summed E-state index contributed by atoms with van der Waals surface area (Å²) in [5, 5.41) is 9.14. The summed E-state index contributed by atoms with van der Waals surface area (Å²) >= 11 is 0. The van der Waals surface area contributed by atoms with E-state index in [4.69, 9.17) is 14.6 Å². The standard InChI is InChI=1S/C8H14O.F2HO2P/c1-6(2)5-8(9)7(3)4;1-5(2,3)4/h8-9H,1,3,5H2,2,4H3;(H,3,4). The van der Waals surface area contributed by atoms with Crippen molar-refractivity contribution in [2.75, 3.05) is 0 Å². The van der Waals surface area contributed by atoms with Gasteiger partial charge in [-0.3, -0.25) is 4.89 Å². The minimum absolute atomic E-state index is 0.400. The second-order valence-corrected chi connectivity index (χ2v) is 3.83. The molecule has 0 spiro atoms. The van der Waals surface area contributed by atoms with Gasteiger partial charge in [-0.15, -0.1) is 15.0 Å². The Kier molecular flexibility index (Phi) is 7.82. The molecule has 0 aliphatic carbocycles. The zero-order chi connectivity index (χ0) is 11.9. The second-order valence-electron chi connectivity index (χ2n) is 2.96. The van der Waals surface area contributed by atoms with Crippen molar-refractivity contribution >= 4 is 7.99 Å². The molecule has 0 amide bonds. The molecule has 0 fully saturated rings. The molecule has 0 aromatic heterocycles. The maximum Gasteiger partial charge on any atom is 0.549 e. The van der Waals surface area contributed by atoms with Crippen molar-refractivity contribution in [3.63, 3.8) is 0 Å². The number of halogens is 2. The molecule has 1 atom stereocenters. The minimum atomic E-state index is -5.64. The number of hydrogen-bond acceptors (Lipinski definition) is 2. The summed E-state index contributed by atoms with van der Waals surface area (Å²) in [5.41, 5.74) is 1.79. The Labute approximate surface area is 82.5 Å². The lowest BCUT2D eigenvalue weighted by Crippen LogP contribution is -2.06. The zero-order valence-electron chi connectivity index (χ0n) is 8.20. The molecule has 1 unspecified atom stereocenters. The van der Waals surface area contributed by atoms with E-state index in [-0.39, 0.29) is 0 Å². The average Bonchev–Trinajstić information content (AvgIpc) is 1.80. The SMILES string of the molecule is C=C(C)CC(O)C(=C)C.O=P(O)(F)F. The van der Waals surface area contributed by atoms with Gasteiger partial charge in [0.1, 0.15) is 0 Å². The highest BCUT2D eigenvalue weighted by Crippen LogP contribution is 2.43. The first kappa shape index (κ1) is 15.9. The Morgan fingerprint density at radius 2 is 1.71 bits per heavy atom. The molecular weight excluding hydrogens is 213 g/mol. The van der Waals surface area contributed by atoms with Gasteiger partial charge in [0.15, 0.2) is 0 Å². The van der Waals surface area contributed by atoms with E-state index >= 15 is 0 Å². The highest BCUT2D eigenvalue weighted by Gasteiger charge is 2.09. The maximum absolute atomic E-state index is 10.1. The molecule has 0 heterocycles. The molecule has 0 saturated carbocycles. The third-order valence-electron chi connectivity index (χ3n) is 1.11. The van der Waals surface area contributed by atoms with E-state index in [1.54, 1.807) is 0 Å². The Morgan fingerprint density at radius 3 is 1.79 bits per heavy atom. The van der Waals surface area contributed by atoms with Crippen molar-refractivity contribution in [2.24, 2.45) is 0 Å². The van der Waals surface area contributed by atoms with Crippen molar-refractivity contribution < 1.29 is 23.0 Å². The molecule has 0 bridgehead atoms. The lowest BCUT2D eigenvalue weighted by molar-refractivity contribution is 0.212. The molecule has 0 aromatic carbocycles. The van der Waals surface area contributed by atoms with E-state index in [9.17, 15) is 8.39 Å². The molecule has 6 heteroatoms. The van der Waals surface area contributed by atoms with E-state index < -0.39 is 14.1 Å². The first-order valence-electron chi connectivity index (χ1n) is 3.74. The molecule has 0 aromatic rings. The first-order chi connectivity index (χ1) is 6.04. The first-order valence-corrected chi connectivity index (χ1v) is 5.18. The molecule has 3 nitrogen and oxygen atoms in total. The summed E-state index contributed by atoms with van der Waals surface area (Å²) in [7, 11) is -5.64. The fourth-order valence-electron chi connectivity index (χ4n) is 0.504. The van der Waals surface area contributed by atoms with Crippen LogP contribution in [0.5, 0.6) is 0 Å². The van der Waals surface area contributed by atoms with Crippen LogP contribution in [0.4, 0.5) is 8.39 Å². The number of aliphatic hydroxyl groups excluding tert-OH is 1. The minimum Gasteiger partial charge on any atom is -0.388 e. The van der Waals surface area contributed by atoms with Crippen LogP contribution in [0.1, 0.15) is 20.3 Å². The number of aliphatic hydroxyl groups is 1. The van der Waals surface area contributed by atoms with Crippen molar-refractivity contribution in [3.05, 3.63) is 24.3 Å². The van der Waals surface area contributed by atoms with Gasteiger partial charge >= 0.3 is 7.99 Å². The summed E-state index contributed by atoms with van der Waals surface area (Å²) in [6, 6.07) is 0. The molecule has 0 aliphatic rings. The van der Waals surface area contributed by atoms with Crippen LogP contribution in [-0.4, -0.2) is 16.1 Å². The van der Waals surface area contributed by atoms with Gasteiger partial charge in [-0.1, -0.05) is 17.7 Å². The van der Waals surface area contributed by atoms with Gasteiger partial charge in [-0.25, -0.2) is 4.57 Å². The molecule has 0 aliphatic heterocycles. The Balaban J connectivity index is 0. The maximum atomic E-state index is 10.1. The van der Waals surface area contributed by atoms with Crippen LogP contribution >= 0.6 is 7.99 Å². The molecule has 14 heavy (non-hydrogen) atoms.